The Morgan fingerprint density at radius 2 is 1.64 bits per heavy atom. The molecule has 0 unspecified atom stereocenters. The van der Waals surface area contributed by atoms with Crippen molar-refractivity contribution in [3.63, 3.8) is 0 Å². The van der Waals surface area contributed by atoms with E-state index in [-0.39, 0.29) is 24.0 Å². The van der Waals surface area contributed by atoms with Crippen LogP contribution >= 0.6 is 24.0 Å². The second kappa shape index (κ2) is 18.0. The highest BCUT2D eigenvalue weighted by Gasteiger charge is 1.99. The van der Waals surface area contributed by atoms with E-state index in [4.69, 9.17) is 9.47 Å². The van der Waals surface area contributed by atoms with E-state index >= 15 is 0 Å². The molecule has 1 rings (SSSR count). The first kappa shape index (κ1) is 26.9. The molecule has 0 amide bonds. The second-order valence-electron chi connectivity index (χ2n) is 6.58. The summed E-state index contributed by atoms with van der Waals surface area (Å²) >= 11 is 0. The van der Waals surface area contributed by atoms with Gasteiger partial charge in [-0.05, 0) is 37.5 Å². The summed E-state index contributed by atoms with van der Waals surface area (Å²) in [5, 5.41) is 6.65. The molecule has 6 nitrogen and oxygen atoms in total. The predicted octanol–water partition coefficient (Wildman–Crippen LogP) is 3.30. The third kappa shape index (κ3) is 13.2. The molecule has 0 atom stereocenters. The standard InChI is InChI=1S/C21H38N4O2.HI/c1-5-7-15-26-17-18-27-16-14-24-21(22-6-2)23-13-12-19-8-10-20(11-9-19)25(3)4;/h8-11H,5-7,12-18H2,1-4H3,(H2,22,23,24);1H. The van der Waals surface area contributed by atoms with Crippen LogP contribution < -0.4 is 15.5 Å². The molecule has 0 aromatic heterocycles. The van der Waals surface area contributed by atoms with E-state index in [1.807, 2.05) is 0 Å². The van der Waals surface area contributed by atoms with E-state index in [9.17, 15) is 0 Å². The highest BCUT2D eigenvalue weighted by molar-refractivity contribution is 14.0. The first-order valence-electron chi connectivity index (χ1n) is 10.1. The number of ether oxygens (including phenoxy) is 2. The van der Waals surface area contributed by atoms with Gasteiger partial charge in [-0.2, -0.15) is 0 Å². The molecular weight excluding hydrogens is 467 g/mol. The van der Waals surface area contributed by atoms with Gasteiger partial charge < -0.3 is 25.0 Å². The number of nitrogens with one attached hydrogen (secondary N) is 2. The molecule has 0 bridgehead atoms. The number of guanidine groups is 1. The topological polar surface area (TPSA) is 58.1 Å². The highest BCUT2D eigenvalue weighted by Crippen LogP contribution is 2.12. The number of anilines is 1. The molecule has 1 aromatic rings. The van der Waals surface area contributed by atoms with Gasteiger partial charge in [-0.25, -0.2) is 0 Å². The molecule has 28 heavy (non-hydrogen) atoms. The molecule has 0 saturated carbocycles. The van der Waals surface area contributed by atoms with Crippen molar-refractivity contribution in [3.05, 3.63) is 29.8 Å². The predicted molar refractivity (Wildman–Crippen MR) is 130 cm³/mol. The summed E-state index contributed by atoms with van der Waals surface area (Å²) < 4.78 is 11.0. The maximum Gasteiger partial charge on any atom is 0.191 e. The Hall–Kier alpha value is -1.06. The average Bonchev–Trinajstić information content (AvgIpc) is 2.67. The minimum Gasteiger partial charge on any atom is -0.379 e. The minimum absolute atomic E-state index is 0. The number of hydrogen-bond acceptors (Lipinski definition) is 4. The molecule has 1 aromatic carbocycles. The van der Waals surface area contributed by atoms with Crippen molar-refractivity contribution in [1.82, 2.24) is 10.6 Å². The number of aliphatic imine (C=N–C) groups is 1. The molecule has 0 heterocycles. The minimum atomic E-state index is 0. The maximum atomic E-state index is 5.56. The van der Waals surface area contributed by atoms with E-state index in [2.05, 4.69) is 72.7 Å². The van der Waals surface area contributed by atoms with Crippen molar-refractivity contribution >= 4 is 35.6 Å². The van der Waals surface area contributed by atoms with Gasteiger partial charge in [0, 0.05) is 39.5 Å². The molecule has 0 radical (unpaired) electrons. The van der Waals surface area contributed by atoms with Gasteiger partial charge >= 0.3 is 0 Å². The van der Waals surface area contributed by atoms with Crippen LogP contribution in [0.25, 0.3) is 0 Å². The van der Waals surface area contributed by atoms with Crippen molar-refractivity contribution in [2.45, 2.75) is 33.1 Å². The zero-order chi connectivity index (χ0) is 19.7. The highest BCUT2D eigenvalue weighted by atomic mass is 127. The molecule has 0 spiro atoms. The maximum absolute atomic E-state index is 5.56. The molecule has 0 fully saturated rings. The summed E-state index contributed by atoms with van der Waals surface area (Å²) in [6, 6.07) is 8.66. The van der Waals surface area contributed by atoms with Gasteiger partial charge in [-0.3, -0.25) is 4.99 Å². The van der Waals surface area contributed by atoms with Crippen LogP contribution in [0, 0.1) is 0 Å². The number of benzene rings is 1. The summed E-state index contributed by atoms with van der Waals surface area (Å²) in [7, 11) is 4.11. The SMILES string of the molecule is CCCCOCCOCCN=C(NCC)NCCc1ccc(N(C)C)cc1.I. The number of halogens is 1. The van der Waals surface area contributed by atoms with Crippen molar-refractivity contribution in [1.29, 1.82) is 0 Å². The molecule has 162 valence electrons. The van der Waals surface area contributed by atoms with Crippen molar-refractivity contribution in [3.8, 4) is 0 Å². The lowest BCUT2D eigenvalue weighted by atomic mass is 10.1. The van der Waals surface area contributed by atoms with Gasteiger partial charge in [-0.1, -0.05) is 25.5 Å². The fourth-order valence-electron chi connectivity index (χ4n) is 2.42. The molecule has 2 N–H and O–H groups in total. The molecular formula is C21H39IN4O2. The fraction of sp³-hybridized carbons (Fsp3) is 0.667. The van der Waals surface area contributed by atoms with Crippen molar-refractivity contribution < 1.29 is 9.47 Å². The van der Waals surface area contributed by atoms with Crippen LogP contribution in [-0.4, -0.2) is 66.1 Å². The Balaban J connectivity index is 0.00000729. The smallest absolute Gasteiger partial charge is 0.191 e. The average molecular weight is 506 g/mol. The van der Waals surface area contributed by atoms with Crippen molar-refractivity contribution in [2.75, 3.05) is 65.1 Å². The molecule has 0 saturated heterocycles. The van der Waals surface area contributed by atoms with Gasteiger partial charge in [0.05, 0.1) is 26.4 Å². The molecule has 0 aliphatic rings. The lowest BCUT2D eigenvalue weighted by Crippen LogP contribution is -2.38. The fourth-order valence-corrected chi connectivity index (χ4v) is 2.42. The van der Waals surface area contributed by atoms with E-state index in [1.165, 1.54) is 11.3 Å². The number of hydrogen-bond donors (Lipinski definition) is 2. The first-order valence-corrected chi connectivity index (χ1v) is 10.1. The largest absolute Gasteiger partial charge is 0.379 e. The van der Waals surface area contributed by atoms with Crippen LogP contribution in [-0.2, 0) is 15.9 Å². The zero-order valence-electron chi connectivity index (χ0n) is 18.0. The van der Waals surface area contributed by atoms with Gasteiger partial charge in [0.2, 0.25) is 0 Å². The third-order valence-corrected chi connectivity index (χ3v) is 4.02. The quantitative estimate of drug-likeness (QED) is 0.176. The van der Waals surface area contributed by atoms with Crippen LogP contribution in [0.15, 0.2) is 29.3 Å². The first-order chi connectivity index (χ1) is 13.2. The lowest BCUT2D eigenvalue weighted by molar-refractivity contribution is 0.0497. The van der Waals surface area contributed by atoms with Gasteiger partial charge in [0.1, 0.15) is 0 Å². The van der Waals surface area contributed by atoms with E-state index in [0.717, 1.165) is 44.9 Å². The van der Waals surface area contributed by atoms with Gasteiger partial charge in [0.15, 0.2) is 5.96 Å². The van der Waals surface area contributed by atoms with E-state index in [1.54, 1.807) is 0 Å². The monoisotopic (exact) mass is 506 g/mol. The molecule has 7 heteroatoms. The second-order valence-corrected chi connectivity index (χ2v) is 6.58. The van der Waals surface area contributed by atoms with Crippen LogP contribution in [0.5, 0.6) is 0 Å². The molecule has 0 aliphatic heterocycles. The Morgan fingerprint density at radius 1 is 0.964 bits per heavy atom. The van der Waals surface area contributed by atoms with Crippen molar-refractivity contribution in [2.24, 2.45) is 4.99 Å². The summed E-state index contributed by atoms with van der Waals surface area (Å²) in [6.07, 6.45) is 3.24. The lowest BCUT2D eigenvalue weighted by Gasteiger charge is -2.14. The number of nitrogens with zero attached hydrogens (tertiary/aromatic N) is 2. The summed E-state index contributed by atoms with van der Waals surface area (Å²) in [5.74, 6) is 0.838. The van der Waals surface area contributed by atoms with E-state index < -0.39 is 0 Å². The van der Waals surface area contributed by atoms with E-state index in [0.29, 0.717) is 26.4 Å². The van der Waals surface area contributed by atoms with Crippen LogP contribution in [0.3, 0.4) is 0 Å². The zero-order valence-corrected chi connectivity index (χ0v) is 20.3. The summed E-state index contributed by atoms with van der Waals surface area (Å²) in [4.78, 5) is 6.66. The number of rotatable bonds is 14. The Morgan fingerprint density at radius 3 is 2.25 bits per heavy atom. The van der Waals surface area contributed by atoms with Gasteiger partial charge in [0.25, 0.3) is 0 Å². The number of unbranched alkanes of at least 4 members (excludes halogenated alkanes) is 1. The van der Waals surface area contributed by atoms with Crippen LogP contribution in [0.1, 0.15) is 32.3 Å². The Bertz CT molecular complexity index is 510. The Kier molecular flexibility index (Phi) is 17.3. The summed E-state index contributed by atoms with van der Waals surface area (Å²) in [6.45, 7) is 9.29. The van der Waals surface area contributed by atoms with Crippen LogP contribution in [0.4, 0.5) is 5.69 Å². The van der Waals surface area contributed by atoms with Crippen LogP contribution in [0.2, 0.25) is 0 Å². The summed E-state index contributed by atoms with van der Waals surface area (Å²) in [5.41, 5.74) is 2.53. The molecule has 0 aliphatic carbocycles. The third-order valence-electron chi connectivity index (χ3n) is 4.02. The van der Waals surface area contributed by atoms with Gasteiger partial charge in [-0.15, -0.1) is 24.0 Å². The normalized spacial score (nSPS) is 11.1. The Labute approximate surface area is 188 Å².